The molecule has 0 saturated carbocycles. The Balaban J connectivity index is 1.02. The van der Waals surface area contributed by atoms with Gasteiger partial charge in [-0.15, -0.1) is 0 Å². The van der Waals surface area contributed by atoms with Gasteiger partial charge in [0.1, 0.15) is 17.3 Å². The molecule has 3 heterocycles. The first kappa shape index (κ1) is 21.1. The van der Waals surface area contributed by atoms with Crippen LogP contribution in [-0.4, -0.2) is 47.6 Å². The number of fused-ring (bicyclic) bond motifs is 3. The van der Waals surface area contributed by atoms with Crippen LogP contribution in [0.2, 0.25) is 0 Å². The third kappa shape index (κ3) is 4.24. The van der Waals surface area contributed by atoms with E-state index in [-0.39, 0.29) is 0 Å². The van der Waals surface area contributed by atoms with Gasteiger partial charge in [0.25, 0.3) is 0 Å². The highest BCUT2D eigenvalue weighted by Crippen LogP contribution is 2.45. The quantitative estimate of drug-likeness (QED) is 0.344. The van der Waals surface area contributed by atoms with Crippen molar-refractivity contribution in [2.75, 3.05) is 37.6 Å². The van der Waals surface area contributed by atoms with Gasteiger partial charge >= 0.3 is 0 Å². The summed E-state index contributed by atoms with van der Waals surface area (Å²) in [6.45, 7) is 5.33. The van der Waals surface area contributed by atoms with Gasteiger partial charge in [-0.25, -0.2) is 4.98 Å². The number of ether oxygens (including phenoxy) is 1. The Morgan fingerprint density at radius 3 is 2.12 bits per heavy atom. The smallest absolute Gasteiger partial charge is 0.147 e. The van der Waals surface area contributed by atoms with E-state index in [1.807, 2.05) is 30.5 Å². The maximum Gasteiger partial charge on any atom is 0.147 e. The maximum atomic E-state index is 6.16. The summed E-state index contributed by atoms with van der Waals surface area (Å²) in [7, 11) is 0. The molecule has 34 heavy (non-hydrogen) atoms. The average molecular weight is 451 g/mol. The second-order valence-corrected chi connectivity index (χ2v) is 9.27. The van der Waals surface area contributed by atoms with Crippen LogP contribution in [0, 0.1) is 0 Å². The Kier molecular flexibility index (Phi) is 5.86. The van der Waals surface area contributed by atoms with Crippen molar-refractivity contribution in [3.63, 3.8) is 0 Å². The third-order valence-electron chi connectivity index (χ3n) is 7.16. The monoisotopic (exact) mass is 450 g/mol. The summed E-state index contributed by atoms with van der Waals surface area (Å²) in [6.07, 6.45) is 5.51. The summed E-state index contributed by atoms with van der Waals surface area (Å²) in [5, 5.41) is 0. The minimum atomic E-state index is 0.421. The molecule has 0 spiro atoms. The van der Waals surface area contributed by atoms with Gasteiger partial charge < -0.3 is 9.64 Å². The van der Waals surface area contributed by atoms with E-state index < -0.39 is 0 Å². The number of rotatable bonds is 6. The van der Waals surface area contributed by atoms with Crippen molar-refractivity contribution in [2.45, 2.75) is 25.2 Å². The largest absolute Gasteiger partial charge is 0.457 e. The molecular formula is C29H30N4O. The highest BCUT2D eigenvalue weighted by Gasteiger charge is 2.26. The second-order valence-electron chi connectivity index (χ2n) is 9.27. The van der Waals surface area contributed by atoms with Crippen molar-refractivity contribution >= 4 is 16.9 Å². The molecule has 2 aliphatic heterocycles. The number of hydrogen-bond acceptors (Lipinski definition) is 5. The molecule has 1 saturated heterocycles. The fourth-order valence-corrected chi connectivity index (χ4v) is 5.30. The van der Waals surface area contributed by atoms with Gasteiger partial charge in [0.05, 0.1) is 17.2 Å². The lowest BCUT2D eigenvalue weighted by Gasteiger charge is -2.35. The Hall–Kier alpha value is -3.44. The lowest BCUT2D eigenvalue weighted by Crippen LogP contribution is -2.47. The first-order valence-corrected chi connectivity index (χ1v) is 12.4. The zero-order valence-corrected chi connectivity index (χ0v) is 19.4. The van der Waals surface area contributed by atoms with Crippen LogP contribution in [-0.2, 0) is 0 Å². The molecule has 0 unspecified atom stereocenters. The normalized spacial score (nSPS) is 16.2. The van der Waals surface area contributed by atoms with Crippen molar-refractivity contribution in [1.29, 1.82) is 0 Å². The Morgan fingerprint density at radius 1 is 0.735 bits per heavy atom. The van der Waals surface area contributed by atoms with E-state index in [1.54, 1.807) is 0 Å². The molecule has 0 radical (unpaired) electrons. The van der Waals surface area contributed by atoms with E-state index in [9.17, 15) is 0 Å². The topological polar surface area (TPSA) is 41.5 Å². The van der Waals surface area contributed by atoms with E-state index >= 15 is 0 Å². The lowest BCUT2D eigenvalue weighted by molar-refractivity contribution is 0.251. The molecule has 3 aromatic carbocycles. The minimum Gasteiger partial charge on any atom is -0.457 e. The molecule has 5 nitrogen and oxygen atoms in total. The molecule has 6 rings (SSSR count). The van der Waals surface area contributed by atoms with Crippen LogP contribution < -0.4 is 9.64 Å². The first-order chi connectivity index (χ1) is 16.8. The van der Waals surface area contributed by atoms with Crippen molar-refractivity contribution in [3.8, 4) is 11.5 Å². The molecule has 0 aliphatic carbocycles. The summed E-state index contributed by atoms with van der Waals surface area (Å²) in [5.74, 6) is 3.44. The molecule has 4 aromatic rings. The molecule has 1 aromatic heterocycles. The van der Waals surface area contributed by atoms with Gasteiger partial charge in [-0.1, -0.05) is 55.0 Å². The van der Waals surface area contributed by atoms with E-state index in [0.29, 0.717) is 5.92 Å². The van der Waals surface area contributed by atoms with Crippen LogP contribution in [0.1, 0.15) is 36.3 Å². The van der Waals surface area contributed by atoms with Crippen LogP contribution in [0.25, 0.3) is 11.0 Å². The van der Waals surface area contributed by atoms with Crippen LogP contribution in [0.3, 0.4) is 0 Å². The number of aromatic nitrogens is 2. The number of hydrogen-bond donors (Lipinski definition) is 0. The van der Waals surface area contributed by atoms with Gasteiger partial charge in [0.2, 0.25) is 0 Å². The predicted octanol–water partition coefficient (Wildman–Crippen LogP) is 5.86. The van der Waals surface area contributed by atoms with Crippen molar-refractivity contribution in [1.82, 2.24) is 14.9 Å². The number of benzene rings is 3. The standard InChI is InChI=1S/C29H30N4O/c1-5-14-27-23(10-1)22(24-11-2-6-15-28(24)34-27)9-7-8-16-32-17-19-33(20-18-32)29-21-30-25-12-3-4-13-26(25)31-29/h1-6,10-15,21-22H,7-9,16-20H2. The molecule has 0 N–H and O–H groups in total. The number of nitrogens with zero attached hydrogens (tertiary/aromatic N) is 4. The first-order valence-electron chi connectivity index (χ1n) is 12.4. The van der Waals surface area contributed by atoms with Gasteiger partial charge in [0, 0.05) is 43.2 Å². The van der Waals surface area contributed by atoms with E-state index in [2.05, 4.69) is 63.3 Å². The lowest BCUT2D eigenvalue weighted by atomic mass is 9.84. The number of unbranched alkanes of at least 4 members (excludes halogenated alkanes) is 1. The van der Waals surface area contributed by atoms with Crippen molar-refractivity contribution < 1.29 is 4.74 Å². The predicted molar refractivity (Wildman–Crippen MR) is 137 cm³/mol. The molecular weight excluding hydrogens is 420 g/mol. The summed E-state index contributed by atoms with van der Waals surface area (Å²) in [4.78, 5) is 14.4. The van der Waals surface area contributed by atoms with E-state index in [4.69, 9.17) is 9.72 Å². The van der Waals surface area contributed by atoms with Crippen LogP contribution in [0.4, 0.5) is 5.82 Å². The summed E-state index contributed by atoms with van der Waals surface area (Å²) in [6, 6.07) is 25.1. The van der Waals surface area contributed by atoms with Crippen LogP contribution in [0.15, 0.2) is 79.0 Å². The number of piperazine rings is 1. The summed E-state index contributed by atoms with van der Waals surface area (Å²) >= 11 is 0. The molecule has 172 valence electrons. The van der Waals surface area contributed by atoms with Crippen molar-refractivity contribution in [2.24, 2.45) is 0 Å². The van der Waals surface area contributed by atoms with Crippen molar-refractivity contribution in [3.05, 3.63) is 90.1 Å². The third-order valence-corrected chi connectivity index (χ3v) is 7.16. The minimum absolute atomic E-state index is 0.421. The van der Waals surface area contributed by atoms with E-state index in [0.717, 1.165) is 67.5 Å². The van der Waals surface area contributed by atoms with Crippen LogP contribution in [0.5, 0.6) is 11.5 Å². The maximum absolute atomic E-state index is 6.16. The fourth-order valence-electron chi connectivity index (χ4n) is 5.30. The van der Waals surface area contributed by atoms with Gasteiger partial charge in [-0.3, -0.25) is 9.88 Å². The van der Waals surface area contributed by atoms with Gasteiger partial charge in [-0.2, -0.15) is 0 Å². The second kappa shape index (κ2) is 9.43. The molecule has 1 fully saturated rings. The molecule has 0 atom stereocenters. The zero-order valence-electron chi connectivity index (χ0n) is 19.4. The molecule has 2 aliphatic rings. The summed E-state index contributed by atoms with van der Waals surface area (Å²) in [5.41, 5.74) is 4.58. The Labute approximate surface area is 201 Å². The Bertz CT molecular complexity index is 1240. The highest BCUT2D eigenvalue weighted by atomic mass is 16.5. The molecule has 0 amide bonds. The van der Waals surface area contributed by atoms with Crippen LogP contribution >= 0.6 is 0 Å². The highest BCUT2D eigenvalue weighted by molar-refractivity contribution is 5.75. The van der Waals surface area contributed by atoms with Gasteiger partial charge in [-0.05, 0) is 43.7 Å². The Morgan fingerprint density at radius 2 is 1.38 bits per heavy atom. The molecule has 0 bridgehead atoms. The summed E-state index contributed by atoms with van der Waals surface area (Å²) < 4.78 is 6.16. The zero-order chi connectivity index (χ0) is 22.7. The number of para-hydroxylation sites is 4. The van der Waals surface area contributed by atoms with Gasteiger partial charge in [0.15, 0.2) is 0 Å². The molecule has 5 heteroatoms. The number of anilines is 1. The van der Waals surface area contributed by atoms with E-state index in [1.165, 1.54) is 24.0 Å². The SMILES string of the molecule is c1ccc2c(c1)Oc1ccccc1C2CCCCN1CCN(c2cnc3ccccc3n2)CC1. The average Bonchev–Trinajstić information content (AvgIpc) is 2.90. The fraction of sp³-hybridized carbons (Fsp3) is 0.310.